The summed E-state index contributed by atoms with van der Waals surface area (Å²) in [6, 6.07) is 12.3. The molecule has 0 saturated heterocycles. The highest BCUT2D eigenvalue weighted by molar-refractivity contribution is 9.10. The van der Waals surface area contributed by atoms with Crippen molar-refractivity contribution in [2.75, 3.05) is 11.1 Å². The van der Waals surface area contributed by atoms with Gasteiger partial charge in [0.15, 0.2) is 5.16 Å². The molecule has 1 aromatic heterocycles. The molecule has 4 nitrogen and oxygen atoms in total. The fraction of sp³-hybridized carbons (Fsp3) is 0.105. The first-order valence-corrected chi connectivity index (χ1v) is 10.8. The van der Waals surface area contributed by atoms with Crippen LogP contribution in [0.15, 0.2) is 58.2 Å². The third-order valence-electron chi connectivity index (χ3n) is 3.69. The lowest BCUT2D eigenvalue weighted by Crippen LogP contribution is -2.15. The van der Waals surface area contributed by atoms with Crippen molar-refractivity contribution in [1.29, 1.82) is 0 Å². The van der Waals surface area contributed by atoms with E-state index < -0.39 is 17.8 Å². The van der Waals surface area contributed by atoms with Crippen molar-refractivity contribution in [1.82, 2.24) is 9.97 Å². The van der Waals surface area contributed by atoms with E-state index in [2.05, 4.69) is 31.2 Å². The molecule has 1 N–H and O–H groups in total. The third-order valence-corrected chi connectivity index (χ3v) is 5.89. The zero-order chi connectivity index (χ0) is 21.9. The lowest BCUT2D eigenvalue weighted by Gasteiger charge is -2.11. The maximum atomic E-state index is 13.3. The highest BCUT2D eigenvalue weighted by atomic mass is 79.9. The number of nitrogens with zero attached hydrogens (tertiary/aromatic N) is 2. The molecule has 3 aromatic rings. The largest absolute Gasteiger partial charge is 0.433 e. The summed E-state index contributed by atoms with van der Waals surface area (Å²) >= 11 is 16.0. The number of anilines is 1. The van der Waals surface area contributed by atoms with Gasteiger partial charge in [0.25, 0.3) is 0 Å². The van der Waals surface area contributed by atoms with Crippen LogP contribution < -0.4 is 5.32 Å². The van der Waals surface area contributed by atoms with E-state index in [9.17, 15) is 18.0 Å². The lowest BCUT2D eigenvalue weighted by molar-refractivity contribution is -0.141. The van der Waals surface area contributed by atoms with Gasteiger partial charge in [-0.25, -0.2) is 9.97 Å². The summed E-state index contributed by atoms with van der Waals surface area (Å²) in [4.78, 5) is 19.9. The fourth-order valence-electron chi connectivity index (χ4n) is 2.32. The molecular weight excluding hydrogens is 526 g/mol. The Morgan fingerprint density at radius 3 is 2.47 bits per heavy atom. The van der Waals surface area contributed by atoms with Crippen molar-refractivity contribution >= 4 is 62.5 Å². The second-order valence-electron chi connectivity index (χ2n) is 5.86. The maximum Gasteiger partial charge on any atom is 0.433 e. The van der Waals surface area contributed by atoms with Gasteiger partial charge in [0.2, 0.25) is 5.91 Å². The van der Waals surface area contributed by atoms with Gasteiger partial charge in [-0.3, -0.25) is 4.79 Å². The number of halogens is 6. The number of alkyl halides is 3. The minimum absolute atomic E-state index is 0.102. The highest BCUT2D eigenvalue weighted by Gasteiger charge is 2.34. The summed E-state index contributed by atoms with van der Waals surface area (Å²) in [5.41, 5.74) is -0.194. The van der Waals surface area contributed by atoms with Crippen molar-refractivity contribution in [3.05, 3.63) is 68.7 Å². The molecule has 30 heavy (non-hydrogen) atoms. The summed E-state index contributed by atoms with van der Waals surface area (Å²) in [5, 5.41) is 2.83. The quantitative estimate of drug-likeness (QED) is 0.283. The number of nitrogens with one attached hydrogen (secondary N) is 1. The molecule has 11 heteroatoms. The molecule has 3 rings (SSSR count). The van der Waals surface area contributed by atoms with Gasteiger partial charge in [-0.05, 0) is 30.3 Å². The molecular formula is C19H11BrCl2F3N3OS. The molecule has 0 fully saturated rings. The fourth-order valence-corrected chi connectivity index (χ4v) is 3.59. The number of benzene rings is 2. The number of hydrogen-bond donors (Lipinski definition) is 1. The Morgan fingerprint density at radius 1 is 1.10 bits per heavy atom. The van der Waals surface area contributed by atoms with E-state index in [1.165, 1.54) is 0 Å². The van der Waals surface area contributed by atoms with E-state index in [0.717, 1.165) is 22.3 Å². The summed E-state index contributed by atoms with van der Waals surface area (Å²) in [7, 11) is 0. The standard InChI is InChI=1S/C19H11BrCl2F3N3OS/c20-11-6-4-10(5-7-11)14-8-15(19(23,24)25)28-18(27-14)30-9-16(29)26-13-3-1-2-12(21)17(13)22/h1-8H,9H2,(H,26,29). The lowest BCUT2D eigenvalue weighted by atomic mass is 10.1. The number of amides is 1. The van der Waals surface area contributed by atoms with Crippen LogP contribution in [-0.4, -0.2) is 21.6 Å². The first kappa shape index (κ1) is 22.9. The number of carbonyl (C=O) groups excluding carboxylic acids is 1. The van der Waals surface area contributed by atoms with Crippen LogP contribution in [0.5, 0.6) is 0 Å². The molecule has 0 spiro atoms. The topological polar surface area (TPSA) is 54.9 Å². The Balaban J connectivity index is 1.80. The third kappa shape index (κ3) is 5.87. The second-order valence-corrected chi connectivity index (χ2v) is 8.51. The average Bonchev–Trinajstić information content (AvgIpc) is 2.69. The highest BCUT2D eigenvalue weighted by Crippen LogP contribution is 2.33. The molecule has 0 aliphatic carbocycles. The van der Waals surface area contributed by atoms with Crippen LogP contribution in [0.3, 0.4) is 0 Å². The van der Waals surface area contributed by atoms with Crippen LogP contribution in [0.25, 0.3) is 11.3 Å². The molecule has 0 saturated carbocycles. The summed E-state index contributed by atoms with van der Waals surface area (Å²) in [6.07, 6.45) is -4.65. The van der Waals surface area contributed by atoms with E-state index in [4.69, 9.17) is 23.2 Å². The van der Waals surface area contributed by atoms with Crippen LogP contribution in [0.4, 0.5) is 18.9 Å². The van der Waals surface area contributed by atoms with Crippen LogP contribution in [0.1, 0.15) is 5.69 Å². The summed E-state index contributed by atoms with van der Waals surface area (Å²) < 4.78 is 40.6. The van der Waals surface area contributed by atoms with Crippen molar-refractivity contribution in [3.63, 3.8) is 0 Å². The molecule has 0 atom stereocenters. The van der Waals surface area contributed by atoms with Gasteiger partial charge >= 0.3 is 6.18 Å². The van der Waals surface area contributed by atoms with Crippen LogP contribution in [0, 0.1) is 0 Å². The molecule has 0 aliphatic heterocycles. The first-order chi connectivity index (χ1) is 14.1. The molecule has 0 aliphatic rings. The van der Waals surface area contributed by atoms with Gasteiger partial charge in [0.05, 0.1) is 27.2 Å². The Labute approximate surface area is 192 Å². The van der Waals surface area contributed by atoms with Crippen LogP contribution >= 0.6 is 50.9 Å². The van der Waals surface area contributed by atoms with Crippen LogP contribution in [0.2, 0.25) is 10.0 Å². The zero-order valence-corrected chi connectivity index (χ0v) is 18.7. The maximum absolute atomic E-state index is 13.3. The number of aromatic nitrogens is 2. The van der Waals surface area contributed by atoms with E-state index in [-0.39, 0.29) is 26.6 Å². The summed E-state index contributed by atoms with van der Waals surface area (Å²) in [5.74, 6) is -0.709. The van der Waals surface area contributed by atoms with Crippen molar-refractivity contribution < 1.29 is 18.0 Å². The molecule has 156 valence electrons. The van der Waals surface area contributed by atoms with Crippen molar-refractivity contribution in [2.45, 2.75) is 11.3 Å². The summed E-state index contributed by atoms with van der Waals surface area (Å²) in [6.45, 7) is 0. The van der Waals surface area contributed by atoms with E-state index in [1.54, 1.807) is 42.5 Å². The molecule has 0 radical (unpaired) electrons. The number of hydrogen-bond acceptors (Lipinski definition) is 4. The molecule has 0 unspecified atom stereocenters. The SMILES string of the molecule is O=C(CSc1nc(-c2ccc(Br)cc2)cc(C(F)(F)F)n1)Nc1cccc(Cl)c1Cl. The molecule has 2 aromatic carbocycles. The Bertz CT molecular complexity index is 1080. The zero-order valence-electron chi connectivity index (χ0n) is 14.8. The van der Waals surface area contributed by atoms with E-state index >= 15 is 0 Å². The van der Waals surface area contributed by atoms with Crippen molar-refractivity contribution in [3.8, 4) is 11.3 Å². The van der Waals surface area contributed by atoms with Gasteiger partial charge in [0.1, 0.15) is 5.69 Å². The smallest absolute Gasteiger partial charge is 0.324 e. The first-order valence-electron chi connectivity index (χ1n) is 8.22. The molecule has 0 bridgehead atoms. The Hall–Kier alpha value is -1.81. The Kier molecular flexibility index (Phi) is 7.28. The number of thioether (sulfide) groups is 1. The minimum Gasteiger partial charge on any atom is -0.324 e. The van der Waals surface area contributed by atoms with Crippen LogP contribution in [-0.2, 0) is 11.0 Å². The second kappa shape index (κ2) is 9.55. The number of carbonyl (C=O) groups is 1. The average molecular weight is 537 g/mol. The molecule has 1 heterocycles. The molecule has 1 amide bonds. The van der Waals surface area contributed by atoms with Gasteiger partial charge in [-0.15, -0.1) is 0 Å². The monoisotopic (exact) mass is 535 g/mol. The van der Waals surface area contributed by atoms with Crippen molar-refractivity contribution in [2.24, 2.45) is 0 Å². The van der Waals surface area contributed by atoms with Gasteiger partial charge in [-0.1, -0.05) is 69.1 Å². The predicted octanol–water partition coefficient (Wildman–Crippen LogP) is 6.96. The van der Waals surface area contributed by atoms with Gasteiger partial charge in [0, 0.05) is 10.0 Å². The van der Waals surface area contributed by atoms with Gasteiger partial charge in [-0.2, -0.15) is 13.2 Å². The van der Waals surface area contributed by atoms with E-state index in [1.807, 2.05) is 0 Å². The Morgan fingerprint density at radius 2 is 1.80 bits per heavy atom. The predicted molar refractivity (Wildman–Crippen MR) is 116 cm³/mol. The van der Waals surface area contributed by atoms with E-state index in [0.29, 0.717) is 11.3 Å². The number of rotatable bonds is 5. The van der Waals surface area contributed by atoms with Gasteiger partial charge < -0.3 is 5.32 Å². The minimum atomic E-state index is -4.65. The normalized spacial score (nSPS) is 11.4.